The number of nitrogens with two attached hydrogens (primary N) is 1. The van der Waals surface area contributed by atoms with Crippen molar-refractivity contribution in [1.82, 2.24) is 4.72 Å². The number of hydrogen-bond acceptors (Lipinski definition) is 4. The molecule has 21 heavy (non-hydrogen) atoms. The van der Waals surface area contributed by atoms with Crippen molar-refractivity contribution < 1.29 is 12.8 Å². The van der Waals surface area contributed by atoms with Gasteiger partial charge in [0, 0.05) is 6.54 Å². The normalized spacial score (nSPS) is 11.0. The molecule has 7 heteroatoms. The molecular formula is C14H12FN3O2S. The topological polar surface area (TPSA) is 96.0 Å². The zero-order chi connectivity index (χ0) is 15.5. The lowest BCUT2D eigenvalue weighted by Gasteiger charge is -2.08. The Morgan fingerprint density at radius 1 is 1.24 bits per heavy atom. The standard InChI is InChI=1S/C14H12FN3O2S/c15-13-7-12(4-5-14(13)17)21(19,20)18-9-11-3-1-2-10(6-11)8-16/h1-7,18H,9,17H2. The minimum Gasteiger partial charge on any atom is -0.396 e. The van der Waals surface area contributed by atoms with Crippen molar-refractivity contribution >= 4 is 15.7 Å². The monoisotopic (exact) mass is 305 g/mol. The van der Waals surface area contributed by atoms with Gasteiger partial charge in [0.15, 0.2) is 0 Å². The average Bonchev–Trinajstić information content (AvgIpc) is 2.48. The van der Waals surface area contributed by atoms with Crippen LogP contribution in [0.3, 0.4) is 0 Å². The molecule has 0 radical (unpaired) electrons. The second-order valence-corrected chi connectivity index (χ2v) is 6.09. The number of nitrogens with one attached hydrogen (secondary N) is 1. The molecule has 0 fully saturated rings. The molecule has 0 amide bonds. The Morgan fingerprint density at radius 2 is 2.00 bits per heavy atom. The van der Waals surface area contributed by atoms with E-state index in [4.69, 9.17) is 11.0 Å². The molecule has 0 unspecified atom stereocenters. The van der Waals surface area contributed by atoms with Gasteiger partial charge in [-0.2, -0.15) is 5.26 Å². The Balaban J connectivity index is 2.17. The molecule has 0 spiro atoms. The van der Waals surface area contributed by atoms with E-state index < -0.39 is 15.8 Å². The zero-order valence-electron chi connectivity index (χ0n) is 10.9. The van der Waals surface area contributed by atoms with E-state index in [-0.39, 0.29) is 17.1 Å². The first-order valence-corrected chi connectivity index (χ1v) is 7.44. The molecule has 0 saturated heterocycles. The van der Waals surface area contributed by atoms with Crippen LogP contribution in [0.1, 0.15) is 11.1 Å². The van der Waals surface area contributed by atoms with Gasteiger partial charge in [0.1, 0.15) is 5.82 Å². The van der Waals surface area contributed by atoms with Gasteiger partial charge >= 0.3 is 0 Å². The molecule has 0 bridgehead atoms. The predicted molar refractivity (Wildman–Crippen MR) is 76.0 cm³/mol. The lowest BCUT2D eigenvalue weighted by Crippen LogP contribution is -2.23. The van der Waals surface area contributed by atoms with Gasteiger partial charge in [-0.25, -0.2) is 17.5 Å². The first-order valence-electron chi connectivity index (χ1n) is 5.96. The second kappa shape index (κ2) is 5.91. The van der Waals surface area contributed by atoms with Gasteiger partial charge in [-0.15, -0.1) is 0 Å². The number of rotatable bonds is 4. The number of anilines is 1. The summed E-state index contributed by atoms with van der Waals surface area (Å²) in [5.74, 6) is -0.788. The van der Waals surface area contributed by atoms with Crippen LogP contribution in [0.5, 0.6) is 0 Å². The quantitative estimate of drug-likeness (QED) is 0.841. The smallest absolute Gasteiger partial charge is 0.240 e. The van der Waals surface area contributed by atoms with Gasteiger partial charge < -0.3 is 5.73 Å². The molecule has 2 rings (SSSR count). The van der Waals surface area contributed by atoms with Crippen LogP contribution in [0.15, 0.2) is 47.4 Å². The summed E-state index contributed by atoms with van der Waals surface area (Å²) in [5, 5.41) is 8.78. The number of hydrogen-bond donors (Lipinski definition) is 2. The van der Waals surface area contributed by atoms with E-state index in [9.17, 15) is 12.8 Å². The highest BCUT2D eigenvalue weighted by molar-refractivity contribution is 7.89. The largest absolute Gasteiger partial charge is 0.396 e. The Bertz CT molecular complexity index is 813. The number of nitriles is 1. The third-order valence-electron chi connectivity index (χ3n) is 2.80. The van der Waals surface area contributed by atoms with Crippen LogP contribution in [0.4, 0.5) is 10.1 Å². The Kier molecular flexibility index (Phi) is 4.21. The Labute approximate surface area is 121 Å². The summed E-state index contributed by atoms with van der Waals surface area (Å²) in [7, 11) is -3.85. The number of sulfonamides is 1. The highest BCUT2D eigenvalue weighted by Gasteiger charge is 2.15. The first-order chi connectivity index (χ1) is 9.92. The fourth-order valence-electron chi connectivity index (χ4n) is 1.69. The molecule has 0 saturated carbocycles. The lowest BCUT2D eigenvalue weighted by atomic mass is 10.1. The Hall–Kier alpha value is -2.43. The summed E-state index contributed by atoms with van der Waals surface area (Å²) in [4.78, 5) is -0.203. The van der Waals surface area contributed by atoms with Crippen molar-refractivity contribution in [3.8, 4) is 6.07 Å². The number of nitrogens with zero attached hydrogens (tertiary/aromatic N) is 1. The van der Waals surface area contributed by atoms with E-state index in [1.807, 2.05) is 6.07 Å². The van der Waals surface area contributed by atoms with Crippen molar-refractivity contribution in [2.75, 3.05) is 5.73 Å². The minimum absolute atomic E-state index is 0.00382. The van der Waals surface area contributed by atoms with Crippen molar-refractivity contribution in [2.24, 2.45) is 0 Å². The van der Waals surface area contributed by atoms with Crippen molar-refractivity contribution in [2.45, 2.75) is 11.4 Å². The van der Waals surface area contributed by atoms with Crippen LogP contribution in [0.2, 0.25) is 0 Å². The van der Waals surface area contributed by atoms with Gasteiger partial charge in [-0.1, -0.05) is 12.1 Å². The molecule has 0 aromatic heterocycles. The summed E-state index contributed by atoms with van der Waals surface area (Å²) >= 11 is 0. The number of halogens is 1. The molecule has 0 aliphatic rings. The Morgan fingerprint density at radius 3 is 2.67 bits per heavy atom. The van der Waals surface area contributed by atoms with E-state index in [0.717, 1.165) is 6.07 Å². The summed E-state index contributed by atoms with van der Waals surface area (Å²) in [6.45, 7) is 0.00382. The SMILES string of the molecule is N#Cc1cccc(CNS(=O)(=O)c2ccc(N)c(F)c2)c1. The number of benzene rings is 2. The van der Waals surface area contributed by atoms with E-state index in [1.165, 1.54) is 12.1 Å². The predicted octanol–water partition coefficient (Wildman–Crippen LogP) is 1.76. The van der Waals surface area contributed by atoms with E-state index in [1.54, 1.807) is 24.3 Å². The van der Waals surface area contributed by atoms with Crippen LogP contribution in [-0.2, 0) is 16.6 Å². The molecule has 108 valence electrons. The lowest BCUT2D eigenvalue weighted by molar-refractivity contribution is 0.578. The van der Waals surface area contributed by atoms with E-state index in [2.05, 4.69) is 4.72 Å². The molecular weight excluding hydrogens is 293 g/mol. The summed E-state index contributed by atoms with van der Waals surface area (Å²) in [6.07, 6.45) is 0. The minimum atomic E-state index is -3.85. The fraction of sp³-hybridized carbons (Fsp3) is 0.0714. The van der Waals surface area contributed by atoms with Crippen LogP contribution in [0.25, 0.3) is 0 Å². The second-order valence-electron chi connectivity index (χ2n) is 4.32. The molecule has 2 aromatic rings. The fourth-order valence-corrected chi connectivity index (χ4v) is 2.72. The van der Waals surface area contributed by atoms with Crippen LogP contribution < -0.4 is 10.5 Å². The molecule has 5 nitrogen and oxygen atoms in total. The van der Waals surface area contributed by atoms with Gasteiger partial charge in [0.2, 0.25) is 10.0 Å². The summed E-state index contributed by atoms with van der Waals surface area (Å²) in [6, 6.07) is 11.8. The summed E-state index contributed by atoms with van der Waals surface area (Å²) < 4.78 is 39.7. The molecule has 0 atom stereocenters. The third kappa shape index (κ3) is 3.56. The maximum Gasteiger partial charge on any atom is 0.240 e. The van der Waals surface area contributed by atoms with Crippen molar-refractivity contribution in [3.05, 3.63) is 59.4 Å². The van der Waals surface area contributed by atoms with Gasteiger partial charge in [-0.3, -0.25) is 0 Å². The number of nitrogen functional groups attached to an aromatic ring is 1. The molecule has 3 N–H and O–H groups in total. The maximum absolute atomic E-state index is 13.3. The zero-order valence-corrected chi connectivity index (χ0v) is 11.7. The van der Waals surface area contributed by atoms with E-state index >= 15 is 0 Å². The molecule has 2 aromatic carbocycles. The molecule has 0 aliphatic carbocycles. The van der Waals surface area contributed by atoms with Crippen LogP contribution in [-0.4, -0.2) is 8.42 Å². The summed E-state index contributed by atoms with van der Waals surface area (Å²) in [5.41, 5.74) is 6.26. The molecule has 0 heterocycles. The highest BCUT2D eigenvalue weighted by Crippen LogP contribution is 2.16. The third-order valence-corrected chi connectivity index (χ3v) is 4.20. The van der Waals surface area contributed by atoms with Crippen LogP contribution in [0, 0.1) is 17.1 Å². The molecule has 0 aliphatic heterocycles. The van der Waals surface area contributed by atoms with Crippen LogP contribution >= 0.6 is 0 Å². The highest BCUT2D eigenvalue weighted by atomic mass is 32.2. The average molecular weight is 305 g/mol. The van der Waals surface area contributed by atoms with Crippen molar-refractivity contribution in [1.29, 1.82) is 5.26 Å². The van der Waals surface area contributed by atoms with Gasteiger partial charge in [0.25, 0.3) is 0 Å². The van der Waals surface area contributed by atoms with Gasteiger partial charge in [-0.05, 0) is 35.9 Å². The first kappa shape index (κ1) is 15.0. The maximum atomic E-state index is 13.3. The van der Waals surface area contributed by atoms with Gasteiger partial charge in [0.05, 0.1) is 22.2 Å². The van der Waals surface area contributed by atoms with E-state index in [0.29, 0.717) is 11.1 Å². The van der Waals surface area contributed by atoms with Crippen molar-refractivity contribution in [3.63, 3.8) is 0 Å².